The maximum Gasteiger partial charge on any atom is 0.277 e. The summed E-state index contributed by atoms with van der Waals surface area (Å²) >= 11 is 9.20. The summed E-state index contributed by atoms with van der Waals surface area (Å²) in [6.07, 6.45) is 1.61. The summed E-state index contributed by atoms with van der Waals surface area (Å²) in [5.74, 6) is 0.497. The topological polar surface area (TPSA) is 65.3 Å². The molecule has 0 aliphatic carbocycles. The molecule has 19 heavy (non-hydrogen) atoms. The second-order valence-electron chi connectivity index (χ2n) is 3.58. The van der Waals surface area contributed by atoms with Crippen molar-refractivity contribution in [1.82, 2.24) is 4.98 Å². The third-order valence-electron chi connectivity index (χ3n) is 2.39. The number of nitro groups is 1. The number of halogens is 2. The molecule has 7 heteroatoms. The third kappa shape index (κ3) is 3.21. The first kappa shape index (κ1) is 13.8. The maximum absolute atomic E-state index is 10.9. The van der Waals surface area contributed by atoms with Crippen LogP contribution in [0.3, 0.4) is 0 Å². The molecule has 1 aromatic carbocycles. The highest BCUT2D eigenvalue weighted by atomic mass is 79.9. The van der Waals surface area contributed by atoms with Gasteiger partial charge in [0.05, 0.1) is 15.5 Å². The Bertz CT molecular complexity index is 622. The molecule has 0 atom stereocenters. The van der Waals surface area contributed by atoms with Gasteiger partial charge < -0.3 is 4.74 Å². The van der Waals surface area contributed by atoms with Gasteiger partial charge in [-0.1, -0.05) is 17.7 Å². The maximum atomic E-state index is 10.9. The first-order valence-electron chi connectivity index (χ1n) is 5.24. The number of nitro benzene ring substituents is 1. The minimum absolute atomic E-state index is 0.000278. The zero-order valence-electron chi connectivity index (χ0n) is 9.55. The average Bonchev–Trinajstić information content (AvgIpc) is 2.38. The van der Waals surface area contributed by atoms with E-state index in [1.807, 2.05) is 0 Å². The van der Waals surface area contributed by atoms with Gasteiger partial charge in [-0.15, -0.1) is 0 Å². The molecular formula is C12H8BrClN2O3. The van der Waals surface area contributed by atoms with Crippen molar-refractivity contribution < 1.29 is 9.66 Å². The largest absolute Gasteiger partial charge is 0.486 e. The van der Waals surface area contributed by atoms with Crippen LogP contribution in [0.25, 0.3) is 0 Å². The van der Waals surface area contributed by atoms with E-state index in [2.05, 4.69) is 20.9 Å². The van der Waals surface area contributed by atoms with Crippen LogP contribution in [-0.4, -0.2) is 9.91 Å². The normalized spacial score (nSPS) is 10.2. The molecule has 0 saturated heterocycles. The summed E-state index contributed by atoms with van der Waals surface area (Å²) < 4.78 is 6.03. The van der Waals surface area contributed by atoms with Crippen LogP contribution in [0.4, 0.5) is 5.69 Å². The van der Waals surface area contributed by atoms with E-state index >= 15 is 0 Å². The molecular weight excluding hydrogens is 335 g/mol. The van der Waals surface area contributed by atoms with E-state index in [1.54, 1.807) is 24.4 Å². The fourth-order valence-corrected chi connectivity index (χ4v) is 2.08. The highest BCUT2D eigenvalue weighted by Gasteiger charge is 2.17. The van der Waals surface area contributed by atoms with Crippen LogP contribution < -0.4 is 4.74 Å². The smallest absolute Gasteiger partial charge is 0.277 e. The van der Waals surface area contributed by atoms with Crippen LogP contribution in [0.1, 0.15) is 5.56 Å². The Balaban J connectivity index is 2.25. The monoisotopic (exact) mass is 342 g/mol. The molecule has 2 aromatic rings. The van der Waals surface area contributed by atoms with Crippen LogP contribution in [0.15, 0.2) is 41.1 Å². The van der Waals surface area contributed by atoms with E-state index in [-0.39, 0.29) is 12.3 Å². The lowest BCUT2D eigenvalue weighted by Crippen LogP contribution is -2.02. The van der Waals surface area contributed by atoms with Gasteiger partial charge in [0, 0.05) is 12.3 Å². The first-order valence-corrected chi connectivity index (χ1v) is 6.42. The highest BCUT2D eigenvalue weighted by Crippen LogP contribution is 2.29. The van der Waals surface area contributed by atoms with E-state index < -0.39 is 4.92 Å². The number of hydrogen-bond acceptors (Lipinski definition) is 4. The van der Waals surface area contributed by atoms with E-state index in [4.69, 9.17) is 16.3 Å². The van der Waals surface area contributed by atoms with Crippen molar-refractivity contribution >= 4 is 33.2 Å². The summed E-state index contributed by atoms with van der Waals surface area (Å²) in [5.41, 5.74) is 0.275. The molecule has 2 rings (SSSR count). The fourth-order valence-electron chi connectivity index (χ4n) is 1.49. The van der Waals surface area contributed by atoms with Crippen molar-refractivity contribution in [2.24, 2.45) is 0 Å². The Morgan fingerprint density at radius 3 is 2.84 bits per heavy atom. The van der Waals surface area contributed by atoms with Gasteiger partial charge in [0.15, 0.2) is 5.75 Å². The minimum Gasteiger partial charge on any atom is -0.486 e. The molecule has 0 spiro atoms. The van der Waals surface area contributed by atoms with E-state index in [0.29, 0.717) is 20.9 Å². The van der Waals surface area contributed by atoms with E-state index in [1.165, 1.54) is 12.1 Å². The molecule has 0 saturated carbocycles. The molecule has 1 aromatic heterocycles. The summed E-state index contributed by atoms with van der Waals surface area (Å²) in [4.78, 5) is 14.4. The van der Waals surface area contributed by atoms with Crippen molar-refractivity contribution in [3.8, 4) is 5.75 Å². The van der Waals surface area contributed by atoms with Crippen molar-refractivity contribution in [3.05, 3.63) is 61.8 Å². The fraction of sp³-hybridized carbons (Fsp3) is 0.0833. The molecule has 1 heterocycles. The molecule has 0 bridgehead atoms. The van der Waals surface area contributed by atoms with Gasteiger partial charge >= 0.3 is 0 Å². The van der Waals surface area contributed by atoms with Crippen LogP contribution in [0, 0.1) is 10.1 Å². The van der Waals surface area contributed by atoms with Crippen LogP contribution >= 0.6 is 27.5 Å². The number of rotatable bonds is 4. The van der Waals surface area contributed by atoms with Gasteiger partial charge in [0.1, 0.15) is 11.2 Å². The molecule has 0 fully saturated rings. The predicted octanol–water partition coefficient (Wildman–Crippen LogP) is 3.98. The quantitative estimate of drug-likeness (QED) is 0.478. The second-order valence-corrected chi connectivity index (χ2v) is 4.73. The van der Waals surface area contributed by atoms with Gasteiger partial charge in [-0.3, -0.25) is 10.1 Å². The third-order valence-corrected chi connectivity index (χ3v) is 3.34. The summed E-state index contributed by atoms with van der Waals surface area (Å²) in [6, 6.07) is 7.93. The van der Waals surface area contributed by atoms with Crippen LogP contribution in [0.5, 0.6) is 5.75 Å². The van der Waals surface area contributed by atoms with E-state index in [9.17, 15) is 10.1 Å². The van der Waals surface area contributed by atoms with Crippen molar-refractivity contribution in [2.45, 2.75) is 6.61 Å². The lowest BCUT2D eigenvalue weighted by molar-refractivity contribution is -0.385. The lowest BCUT2D eigenvalue weighted by Gasteiger charge is -2.09. The van der Waals surface area contributed by atoms with Crippen molar-refractivity contribution in [1.29, 1.82) is 0 Å². The minimum atomic E-state index is -0.483. The van der Waals surface area contributed by atoms with Crippen LogP contribution in [0.2, 0.25) is 5.02 Å². The number of benzene rings is 1. The van der Waals surface area contributed by atoms with Crippen molar-refractivity contribution in [2.75, 3.05) is 0 Å². The molecule has 0 amide bonds. The van der Waals surface area contributed by atoms with Gasteiger partial charge in [-0.25, -0.2) is 4.98 Å². The Morgan fingerprint density at radius 1 is 1.37 bits per heavy atom. The van der Waals surface area contributed by atoms with Gasteiger partial charge in [-0.05, 0) is 34.1 Å². The van der Waals surface area contributed by atoms with Gasteiger partial charge in [0.2, 0.25) is 0 Å². The van der Waals surface area contributed by atoms with Gasteiger partial charge in [-0.2, -0.15) is 0 Å². The SMILES string of the molecule is O=[N+]([O-])c1cccc(Cl)c1COc1cccnc1Br. The summed E-state index contributed by atoms with van der Waals surface area (Å²) in [5, 5.41) is 11.2. The molecule has 0 radical (unpaired) electrons. The van der Waals surface area contributed by atoms with Crippen molar-refractivity contribution in [3.63, 3.8) is 0 Å². The van der Waals surface area contributed by atoms with Gasteiger partial charge in [0.25, 0.3) is 5.69 Å². The number of nitrogens with zero attached hydrogens (tertiary/aromatic N) is 2. The number of hydrogen-bond donors (Lipinski definition) is 0. The summed E-state index contributed by atoms with van der Waals surface area (Å²) in [6.45, 7) is 0.000278. The Kier molecular flexibility index (Phi) is 4.34. The molecule has 0 N–H and O–H groups in total. The Morgan fingerprint density at radius 2 is 2.16 bits per heavy atom. The number of aromatic nitrogens is 1. The molecule has 98 valence electrons. The molecule has 0 unspecified atom stereocenters. The molecule has 5 nitrogen and oxygen atoms in total. The molecule has 0 aliphatic rings. The Labute approximate surface area is 122 Å². The van der Waals surface area contributed by atoms with E-state index in [0.717, 1.165) is 0 Å². The number of pyridine rings is 1. The predicted molar refractivity (Wildman–Crippen MR) is 74.4 cm³/mol. The average molecular weight is 344 g/mol. The second kappa shape index (κ2) is 5.99. The first-order chi connectivity index (χ1) is 9.09. The van der Waals surface area contributed by atoms with Crippen LogP contribution in [-0.2, 0) is 6.61 Å². The molecule has 0 aliphatic heterocycles. The highest BCUT2D eigenvalue weighted by molar-refractivity contribution is 9.10. The lowest BCUT2D eigenvalue weighted by atomic mass is 10.2. The Hall–Kier alpha value is -1.66. The zero-order valence-corrected chi connectivity index (χ0v) is 11.9. The number of ether oxygens (including phenoxy) is 1. The standard InChI is InChI=1S/C12H8BrClN2O3/c13-12-11(5-2-6-15-12)19-7-8-9(14)3-1-4-10(8)16(17)18/h1-6H,7H2. The zero-order chi connectivity index (χ0) is 13.8. The summed E-state index contributed by atoms with van der Waals surface area (Å²) in [7, 11) is 0.